The lowest BCUT2D eigenvalue weighted by atomic mass is 9.84. The third-order valence-corrected chi connectivity index (χ3v) is 12.2. The normalized spacial score (nSPS) is 13.4. The highest BCUT2D eigenvalue weighted by Gasteiger charge is 2.21. The molecule has 0 spiro atoms. The molecule has 1 unspecified atom stereocenters. The van der Waals surface area contributed by atoms with E-state index >= 15 is 0 Å². The van der Waals surface area contributed by atoms with Crippen molar-refractivity contribution in [2.24, 2.45) is 0 Å². The summed E-state index contributed by atoms with van der Waals surface area (Å²) in [4.78, 5) is 30.3. The van der Waals surface area contributed by atoms with E-state index < -0.39 is 0 Å². The van der Waals surface area contributed by atoms with Crippen LogP contribution in [-0.4, -0.2) is 29.9 Å². The monoisotopic (exact) mass is 822 g/mol. The van der Waals surface area contributed by atoms with Crippen molar-refractivity contribution >= 4 is 21.5 Å². The van der Waals surface area contributed by atoms with Crippen LogP contribution in [0, 0.1) is 13.8 Å². The van der Waals surface area contributed by atoms with Crippen LogP contribution >= 0.6 is 0 Å². The average Bonchev–Trinajstić information content (AvgIpc) is 3.36. The second kappa shape index (κ2) is 16.6. The molecule has 6 heteroatoms. The van der Waals surface area contributed by atoms with E-state index in [-0.39, 0.29) is 5.92 Å². The van der Waals surface area contributed by atoms with Gasteiger partial charge in [-0.05, 0) is 75.2 Å². The molecule has 304 valence electrons. The maximum atomic E-state index is 5.10. The predicted molar refractivity (Wildman–Crippen MR) is 261 cm³/mol. The van der Waals surface area contributed by atoms with Gasteiger partial charge in [0.05, 0.1) is 0 Å². The molecule has 6 nitrogen and oxygen atoms in total. The maximum Gasteiger partial charge on any atom is 0.164 e. The van der Waals surface area contributed by atoms with Gasteiger partial charge in [0.1, 0.15) is 5.82 Å². The second-order valence-corrected chi connectivity index (χ2v) is 16.3. The van der Waals surface area contributed by atoms with E-state index in [1.165, 1.54) is 21.5 Å². The van der Waals surface area contributed by atoms with Crippen LogP contribution < -0.4 is 0 Å². The van der Waals surface area contributed by atoms with E-state index in [0.717, 1.165) is 73.4 Å². The third kappa shape index (κ3) is 7.25. The minimum atomic E-state index is 0.0813. The van der Waals surface area contributed by atoms with Gasteiger partial charge in [0.2, 0.25) is 0 Å². The van der Waals surface area contributed by atoms with E-state index in [4.69, 9.17) is 29.9 Å². The molecule has 0 amide bonds. The van der Waals surface area contributed by atoms with E-state index in [1.54, 1.807) is 0 Å². The summed E-state index contributed by atoms with van der Waals surface area (Å²) < 4.78 is 0. The molecule has 11 rings (SSSR count). The molecule has 0 N–H and O–H groups in total. The highest BCUT2D eigenvalue weighted by atomic mass is 15.0. The molecule has 10 aromatic rings. The lowest BCUT2D eigenvalue weighted by Crippen LogP contribution is -2.08. The summed E-state index contributed by atoms with van der Waals surface area (Å²) in [6, 6.07) is 61.5. The van der Waals surface area contributed by atoms with Gasteiger partial charge in [-0.3, -0.25) is 0 Å². The lowest BCUT2D eigenvalue weighted by molar-refractivity contribution is 0.764. The van der Waals surface area contributed by atoms with Crippen LogP contribution in [0.3, 0.4) is 0 Å². The highest BCUT2D eigenvalue weighted by molar-refractivity contribution is 6.21. The van der Waals surface area contributed by atoms with Gasteiger partial charge in [-0.15, -0.1) is 0 Å². The quantitative estimate of drug-likeness (QED) is 0.142. The van der Waals surface area contributed by atoms with Gasteiger partial charge in [-0.1, -0.05) is 200 Å². The number of aryl methyl sites for hydroxylation is 2. The van der Waals surface area contributed by atoms with Crippen LogP contribution in [0.1, 0.15) is 29.3 Å². The van der Waals surface area contributed by atoms with Gasteiger partial charge in [-0.25, -0.2) is 29.9 Å². The zero-order valence-electron chi connectivity index (χ0n) is 35.5. The Hall–Kier alpha value is -8.22. The van der Waals surface area contributed by atoms with Crippen LogP contribution in [0.5, 0.6) is 0 Å². The predicted octanol–water partition coefficient (Wildman–Crippen LogP) is 14.2. The Balaban J connectivity index is 1.04. The van der Waals surface area contributed by atoms with E-state index in [2.05, 4.69) is 159 Å². The number of benzene rings is 8. The van der Waals surface area contributed by atoms with Crippen LogP contribution in [0.15, 0.2) is 200 Å². The molecule has 1 aliphatic carbocycles. The van der Waals surface area contributed by atoms with Crippen molar-refractivity contribution in [2.75, 3.05) is 0 Å². The largest absolute Gasteiger partial charge is 0.212 e. The SMILES string of the molecule is Cc1ccccc1-c1nc(-c2ccccc2)nc(-c2ccc(-c3c(-c4ccc(-c5nc(-c6ccccc6C)nc(C6C=CC=CC6)n5)cc4)c4ccccc4c4ccccc34)cc2)n1. The van der Waals surface area contributed by atoms with Crippen LogP contribution in [-0.2, 0) is 0 Å². The molecule has 0 radical (unpaired) electrons. The number of allylic oxidation sites excluding steroid dienone is 4. The van der Waals surface area contributed by atoms with Crippen LogP contribution in [0.4, 0.5) is 0 Å². The Bertz CT molecular complexity index is 3430. The molecule has 2 aromatic heterocycles. The van der Waals surface area contributed by atoms with Gasteiger partial charge in [0.15, 0.2) is 29.1 Å². The Kier molecular flexibility index (Phi) is 10.0. The number of hydrogen-bond donors (Lipinski definition) is 0. The van der Waals surface area contributed by atoms with Crippen molar-refractivity contribution in [3.05, 3.63) is 217 Å². The van der Waals surface area contributed by atoms with Crippen LogP contribution in [0.2, 0.25) is 0 Å². The van der Waals surface area contributed by atoms with Gasteiger partial charge in [0.25, 0.3) is 0 Å². The highest BCUT2D eigenvalue weighted by Crippen LogP contribution is 2.45. The molecule has 0 fully saturated rings. The first-order valence-corrected chi connectivity index (χ1v) is 21.7. The van der Waals surface area contributed by atoms with Crippen molar-refractivity contribution in [2.45, 2.75) is 26.2 Å². The molecule has 0 saturated carbocycles. The van der Waals surface area contributed by atoms with Crippen molar-refractivity contribution < 1.29 is 0 Å². The summed E-state index contributed by atoms with van der Waals surface area (Å²) >= 11 is 0. The first-order chi connectivity index (χ1) is 31.6. The van der Waals surface area contributed by atoms with Gasteiger partial charge >= 0.3 is 0 Å². The fourth-order valence-electron chi connectivity index (χ4n) is 8.88. The molecule has 64 heavy (non-hydrogen) atoms. The van der Waals surface area contributed by atoms with E-state index in [1.807, 2.05) is 54.6 Å². The molecule has 0 saturated heterocycles. The molecule has 1 atom stereocenters. The van der Waals surface area contributed by atoms with Gasteiger partial charge in [-0.2, -0.15) is 0 Å². The third-order valence-electron chi connectivity index (χ3n) is 12.2. The first-order valence-electron chi connectivity index (χ1n) is 21.7. The fourth-order valence-corrected chi connectivity index (χ4v) is 8.88. The summed E-state index contributed by atoms with van der Waals surface area (Å²) in [5.41, 5.74) is 11.6. The lowest BCUT2D eigenvalue weighted by Gasteiger charge is -2.19. The fraction of sp³-hybridized carbons (Fsp3) is 0.0690. The zero-order valence-corrected chi connectivity index (χ0v) is 35.5. The van der Waals surface area contributed by atoms with Gasteiger partial charge < -0.3 is 0 Å². The number of fused-ring (bicyclic) bond motifs is 3. The first kappa shape index (κ1) is 38.7. The number of aromatic nitrogens is 6. The summed E-state index contributed by atoms with van der Waals surface area (Å²) in [5.74, 6) is 4.13. The zero-order chi connectivity index (χ0) is 43.0. The number of hydrogen-bond acceptors (Lipinski definition) is 6. The van der Waals surface area contributed by atoms with E-state index in [9.17, 15) is 0 Å². The molecule has 0 bridgehead atoms. The summed E-state index contributed by atoms with van der Waals surface area (Å²) in [5, 5.41) is 4.78. The van der Waals surface area contributed by atoms with Crippen molar-refractivity contribution in [3.8, 4) is 79.2 Å². The van der Waals surface area contributed by atoms with Gasteiger partial charge in [0, 0.05) is 33.7 Å². The topological polar surface area (TPSA) is 77.3 Å². The molecular formula is C58H42N6. The average molecular weight is 823 g/mol. The summed E-state index contributed by atoms with van der Waals surface area (Å²) in [6.45, 7) is 4.20. The molecule has 0 aliphatic heterocycles. The number of rotatable bonds is 8. The summed E-state index contributed by atoms with van der Waals surface area (Å²) in [6.07, 6.45) is 9.36. The Morgan fingerprint density at radius 1 is 0.344 bits per heavy atom. The van der Waals surface area contributed by atoms with Crippen molar-refractivity contribution in [3.63, 3.8) is 0 Å². The van der Waals surface area contributed by atoms with E-state index in [0.29, 0.717) is 29.1 Å². The van der Waals surface area contributed by atoms with Crippen molar-refractivity contribution in [1.82, 2.24) is 29.9 Å². The molecule has 8 aromatic carbocycles. The minimum Gasteiger partial charge on any atom is -0.212 e. The summed E-state index contributed by atoms with van der Waals surface area (Å²) in [7, 11) is 0. The Morgan fingerprint density at radius 2 is 0.734 bits per heavy atom. The molecular weight excluding hydrogens is 781 g/mol. The Labute approximate surface area is 372 Å². The maximum absolute atomic E-state index is 5.10. The van der Waals surface area contributed by atoms with Crippen LogP contribution in [0.25, 0.3) is 101 Å². The Morgan fingerprint density at radius 3 is 1.23 bits per heavy atom. The smallest absolute Gasteiger partial charge is 0.164 e. The number of nitrogens with zero attached hydrogens (tertiary/aromatic N) is 6. The second-order valence-electron chi connectivity index (χ2n) is 16.3. The molecule has 2 heterocycles. The minimum absolute atomic E-state index is 0.0813. The molecule has 1 aliphatic rings. The standard InChI is InChI=1S/C58H42N6/c1-37-17-9-11-23-45(37)57-61-53(41-19-5-3-6-20-41)59-55(63-57)43-33-29-39(30-34-43)51-49-27-15-13-25-47(49)48-26-14-16-28-50(48)52(51)40-31-35-44(36-32-40)56-60-54(42-21-7-4-8-22-42)62-58(64-56)46-24-12-10-18-38(46)2/h3-21,23-36,42H,22H2,1-2H3. The van der Waals surface area contributed by atoms with Crippen molar-refractivity contribution in [1.29, 1.82) is 0 Å².